The second-order valence-corrected chi connectivity index (χ2v) is 7.63. The first-order valence-corrected chi connectivity index (χ1v) is 7.92. The van der Waals surface area contributed by atoms with Gasteiger partial charge in [-0.2, -0.15) is 0 Å². The molecule has 0 unspecified atom stereocenters. The molecule has 1 aromatic rings. The van der Waals surface area contributed by atoms with Crippen molar-refractivity contribution < 1.29 is 0 Å². The molecule has 0 aromatic carbocycles. The Kier molecular flexibility index (Phi) is 4.64. The van der Waals surface area contributed by atoms with Crippen LogP contribution in [0.2, 0.25) is 0 Å². The minimum Gasteiger partial charge on any atom is -0.330 e. The van der Waals surface area contributed by atoms with Crippen molar-refractivity contribution in [3.05, 3.63) is 20.8 Å². The highest BCUT2D eigenvalue weighted by Crippen LogP contribution is 2.37. The van der Waals surface area contributed by atoms with Gasteiger partial charge in [0.25, 0.3) is 0 Å². The average Bonchev–Trinajstić information content (AvgIpc) is 2.89. The summed E-state index contributed by atoms with van der Waals surface area (Å²) in [5, 5.41) is 2.23. The number of rotatable bonds is 5. The van der Waals surface area contributed by atoms with E-state index in [1.54, 1.807) is 11.3 Å². The monoisotopic (exact) mass is 316 g/mol. The molecule has 4 heteroatoms. The van der Waals surface area contributed by atoms with Gasteiger partial charge in [-0.25, -0.2) is 0 Å². The van der Waals surface area contributed by atoms with Gasteiger partial charge in [0.05, 0.1) is 3.79 Å². The van der Waals surface area contributed by atoms with Gasteiger partial charge >= 0.3 is 0 Å². The van der Waals surface area contributed by atoms with Crippen molar-refractivity contribution in [1.82, 2.24) is 4.90 Å². The van der Waals surface area contributed by atoms with Crippen molar-refractivity contribution in [3.8, 4) is 0 Å². The van der Waals surface area contributed by atoms with Gasteiger partial charge < -0.3 is 10.6 Å². The number of halogens is 1. The van der Waals surface area contributed by atoms with E-state index in [0.717, 1.165) is 19.6 Å². The van der Waals surface area contributed by atoms with Crippen LogP contribution in [0.3, 0.4) is 0 Å². The summed E-state index contributed by atoms with van der Waals surface area (Å²) in [6.07, 6.45) is 5.33. The maximum absolute atomic E-state index is 5.98. The molecule has 1 heterocycles. The molecule has 17 heavy (non-hydrogen) atoms. The zero-order valence-electron chi connectivity index (χ0n) is 10.4. The van der Waals surface area contributed by atoms with E-state index >= 15 is 0 Å². The lowest BCUT2D eigenvalue weighted by Gasteiger charge is -2.32. The van der Waals surface area contributed by atoms with Crippen molar-refractivity contribution >= 4 is 27.3 Å². The molecule has 0 saturated heterocycles. The predicted octanol–water partition coefficient (Wildman–Crippen LogP) is 3.46. The minimum absolute atomic E-state index is 0.391. The Morgan fingerprint density at radius 3 is 2.71 bits per heavy atom. The first-order valence-electron chi connectivity index (χ1n) is 6.25. The third-order valence-electron chi connectivity index (χ3n) is 3.78. The smallest absolute Gasteiger partial charge is 0.0701 e. The zero-order valence-corrected chi connectivity index (χ0v) is 12.8. The molecule has 0 radical (unpaired) electrons. The molecule has 2 rings (SSSR count). The van der Waals surface area contributed by atoms with Crippen molar-refractivity contribution in [2.24, 2.45) is 11.1 Å². The third kappa shape index (κ3) is 3.53. The SMILES string of the molecule is CN(Cc1csc(Br)c1)CC1(CN)CCCC1. The second kappa shape index (κ2) is 5.83. The molecule has 0 aliphatic heterocycles. The molecule has 1 fully saturated rings. The molecule has 1 aliphatic rings. The van der Waals surface area contributed by atoms with E-state index in [1.165, 1.54) is 35.0 Å². The summed E-state index contributed by atoms with van der Waals surface area (Å²) in [6, 6.07) is 2.21. The van der Waals surface area contributed by atoms with Crippen LogP contribution in [0.15, 0.2) is 15.2 Å². The number of nitrogens with zero attached hydrogens (tertiary/aromatic N) is 1. The van der Waals surface area contributed by atoms with Crippen LogP contribution in [-0.4, -0.2) is 25.0 Å². The van der Waals surface area contributed by atoms with E-state index in [4.69, 9.17) is 5.73 Å². The van der Waals surface area contributed by atoms with Crippen LogP contribution in [0, 0.1) is 5.41 Å². The minimum atomic E-state index is 0.391. The summed E-state index contributed by atoms with van der Waals surface area (Å²) >= 11 is 5.27. The van der Waals surface area contributed by atoms with E-state index in [2.05, 4.69) is 39.3 Å². The van der Waals surface area contributed by atoms with Gasteiger partial charge in [0.2, 0.25) is 0 Å². The van der Waals surface area contributed by atoms with Gasteiger partial charge in [0.15, 0.2) is 0 Å². The topological polar surface area (TPSA) is 29.3 Å². The molecular formula is C13H21BrN2S. The van der Waals surface area contributed by atoms with Gasteiger partial charge in [0, 0.05) is 13.1 Å². The first-order chi connectivity index (χ1) is 8.13. The normalized spacial score (nSPS) is 19.1. The molecule has 1 aliphatic carbocycles. The summed E-state index contributed by atoms with van der Waals surface area (Å²) < 4.78 is 1.22. The van der Waals surface area contributed by atoms with Crippen LogP contribution in [-0.2, 0) is 6.54 Å². The molecule has 0 bridgehead atoms. The number of nitrogens with two attached hydrogens (primary N) is 1. The van der Waals surface area contributed by atoms with Crippen LogP contribution < -0.4 is 5.73 Å². The molecular weight excluding hydrogens is 296 g/mol. The van der Waals surface area contributed by atoms with Crippen LogP contribution in [0.1, 0.15) is 31.2 Å². The molecule has 0 spiro atoms. The van der Waals surface area contributed by atoms with Crippen molar-refractivity contribution in [3.63, 3.8) is 0 Å². The fourth-order valence-electron chi connectivity index (χ4n) is 2.92. The maximum Gasteiger partial charge on any atom is 0.0701 e. The van der Waals surface area contributed by atoms with Crippen molar-refractivity contribution in [2.75, 3.05) is 20.1 Å². The summed E-state index contributed by atoms with van der Waals surface area (Å²) in [5.74, 6) is 0. The number of thiophene rings is 1. The summed E-state index contributed by atoms with van der Waals surface area (Å²) in [6.45, 7) is 3.01. The average molecular weight is 317 g/mol. The Bertz CT molecular complexity index is 358. The van der Waals surface area contributed by atoms with Crippen molar-refractivity contribution in [2.45, 2.75) is 32.2 Å². The van der Waals surface area contributed by atoms with Crippen molar-refractivity contribution in [1.29, 1.82) is 0 Å². The largest absolute Gasteiger partial charge is 0.330 e. The first kappa shape index (κ1) is 13.5. The highest BCUT2D eigenvalue weighted by atomic mass is 79.9. The van der Waals surface area contributed by atoms with E-state index in [9.17, 15) is 0 Å². The lowest BCUT2D eigenvalue weighted by atomic mass is 9.86. The fraction of sp³-hybridized carbons (Fsp3) is 0.692. The zero-order chi connectivity index (χ0) is 12.3. The van der Waals surface area contributed by atoms with Gasteiger partial charge in [-0.05, 0) is 64.8 Å². The van der Waals surface area contributed by atoms with Gasteiger partial charge in [-0.3, -0.25) is 0 Å². The molecule has 2 N–H and O–H groups in total. The molecule has 0 amide bonds. The summed E-state index contributed by atoms with van der Waals surface area (Å²) in [5.41, 5.74) is 7.77. The van der Waals surface area contributed by atoms with Gasteiger partial charge in [0.1, 0.15) is 0 Å². The Balaban J connectivity index is 1.90. The van der Waals surface area contributed by atoms with Crippen LogP contribution in [0.25, 0.3) is 0 Å². The quantitative estimate of drug-likeness (QED) is 0.901. The second-order valence-electron chi connectivity index (χ2n) is 5.34. The van der Waals surface area contributed by atoms with Gasteiger partial charge in [-0.1, -0.05) is 12.8 Å². The molecule has 1 aromatic heterocycles. The Morgan fingerprint density at radius 2 is 2.18 bits per heavy atom. The standard InChI is InChI=1S/C13H21BrN2S/c1-16(7-11-6-12(14)17-8-11)10-13(9-15)4-2-3-5-13/h6,8H,2-5,7,9-10,15H2,1H3. The van der Waals surface area contributed by atoms with E-state index in [0.29, 0.717) is 5.41 Å². The highest BCUT2D eigenvalue weighted by molar-refractivity contribution is 9.11. The third-order valence-corrected chi connectivity index (χ3v) is 5.33. The molecule has 96 valence electrons. The number of hydrogen-bond acceptors (Lipinski definition) is 3. The lowest BCUT2D eigenvalue weighted by Crippen LogP contribution is -2.38. The van der Waals surface area contributed by atoms with E-state index < -0.39 is 0 Å². The fourth-order valence-corrected chi connectivity index (χ4v) is 4.12. The Morgan fingerprint density at radius 1 is 1.47 bits per heavy atom. The number of hydrogen-bond donors (Lipinski definition) is 1. The summed E-state index contributed by atoms with van der Waals surface area (Å²) in [7, 11) is 2.21. The Labute approximate surface area is 116 Å². The van der Waals surface area contributed by atoms with Gasteiger partial charge in [-0.15, -0.1) is 11.3 Å². The molecule has 1 saturated carbocycles. The molecule has 0 atom stereocenters. The highest BCUT2D eigenvalue weighted by Gasteiger charge is 2.33. The van der Waals surface area contributed by atoms with Crippen LogP contribution in [0.4, 0.5) is 0 Å². The van der Waals surface area contributed by atoms with Crippen LogP contribution in [0.5, 0.6) is 0 Å². The van der Waals surface area contributed by atoms with Crippen LogP contribution >= 0.6 is 27.3 Å². The van der Waals surface area contributed by atoms with E-state index in [-0.39, 0.29) is 0 Å². The Hall–Kier alpha value is 0.1000. The van der Waals surface area contributed by atoms with E-state index in [1.807, 2.05) is 0 Å². The molecule has 2 nitrogen and oxygen atoms in total. The predicted molar refractivity (Wildman–Crippen MR) is 78.3 cm³/mol. The maximum atomic E-state index is 5.98. The summed E-state index contributed by atoms with van der Waals surface area (Å²) in [4.78, 5) is 2.42. The lowest BCUT2D eigenvalue weighted by molar-refractivity contribution is 0.179.